The number of likely N-dealkylation sites (tertiary alicyclic amines) is 1. The molecule has 1 saturated heterocycles. The molecule has 2 heterocycles. The Balaban J connectivity index is 1.81. The van der Waals surface area contributed by atoms with Gasteiger partial charge in [0, 0.05) is 38.0 Å². The third-order valence-electron chi connectivity index (χ3n) is 5.84. The highest BCUT2D eigenvalue weighted by Crippen LogP contribution is 2.32. The van der Waals surface area contributed by atoms with E-state index in [1.165, 1.54) is 19.2 Å². The molecule has 1 aliphatic heterocycles. The quantitative estimate of drug-likeness (QED) is 0.186. The highest BCUT2D eigenvalue weighted by molar-refractivity contribution is 6.04. The minimum atomic E-state index is -5.01. The molecule has 0 radical (unpaired) electrons. The summed E-state index contributed by atoms with van der Waals surface area (Å²) in [5, 5.41) is 5.37. The van der Waals surface area contributed by atoms with Crippen LogP contribution in [0.25, 0.3) is 0 Å². The lowest BCUT2D eigenvalue weighted by molar-refractivity contribution is -0.302. The molecular formula is C24H26F5N5O3. The fourth-order valence-electron chi connectivity index (χ4n) is 3.74. The van der Waals surface area contributed by atoms with Crippen LogP contribution < -0.4 is 10.6 Å². The van der Waals surface area contributed by atoms with Crippen molar-refractivity contribution in [1.82, 2.24) is 15.2 Å². The van der Waals surface area contributed by atoms with Gasteiger partial charge in [-0.1, -0.05) is 6.07 Å². The Hall–Kier alpha value is -3.69. The summed E-state index contributed by atoms with van der Waals surface area (Å²) < 4.78 is 69.8. The molecule has 2 amide bonds. The molecule has 2 aliphatic rings. The first-order valence-corrected chi connectivity index (χ1v) is 11.4. The predicted molar refractivity (Wildman–Crippen MR) is 125 cm³/mol. The average Bonchev–Trinajstić information content (AvgIpc) is 3.67. The van der Waals surface area contributed by atoms with E-state index in [1.807, 2.05) is 0 Å². The Morgan fingerprint density at radius 3 is 2.62 bits per heavy atom. The zero-order valence-electron chi connectivity index (χ0n) is 20.2. The van der Waals surface area contributed by atoms with Gasteiger partial charge >= 0.3 is 6.36 Å². The van der Waals surface area contributed by atoms with Crippen LogP contribution in [0.4, 0.5) is 27.8 Å². The van der Waals surface area contributed by atoms with Crippen molar-refractivity contribution in [3.63, 3.8) is 0 Å². The number of aromatic nitrogens is 1. The molecule has 1 saturated carbocycles. The molecule has 8 nitrogen and oxygen atoms in total. The number of aryl methyl sites for hydroxylation is 1. The smallest absolute Gasteiger partial charge is 0.397 e. The van der Waals surface area contributed by atoms with Crippen LogP contribution in [0.5, 0.6) is 0 Å². The van der Waals surface area contributed by atoms with Crippen molar-refractivity contribution >= 4 is 23.5 Å². The molecule has 0 aromatic carbocycles. The lowest BCUT2D eigenvalue weighted by Crippen LogP contribution is -2.55. The molecule has 0 spiro atoms. The Morgan fingerprint density at radius 2 is 2.03 bits per heavy atom. The second kappa shape index (κ2) is 11.1. The van der Waals surface area contributed by atoms with E-state index in [9.17, 15) is 31.5 Å². The minimum absolute atomic E-state index is 0.00776. The van der Waals surface area contributed by atoms with Crippen molar-refractivity contribution in [3.05, 3.63) is 35.2 Å². The number of terminal acetylenes is 1. The van der Waals surface area contributed by atoms with Crippen LogP contribution in [0.2, 0.25) is 0 Å². The highest BCUT2D eigenvalue weighted by Gasteiger charge is 2.43. The fourth-order valence-corrected chi connectivity index (χ4v) is 3.74. The Bertz CT molecular complexity index is 1140. The van der Waals surface area contributed by atoms with E-state index in [2.05, 4.69) is 25.3 Å². The van der Waals surface area contributed by atoms with E-state index in [4.69, 9.17) is 6.42 Å². The number of hydrogen-bond acceptors (Lipinski definition) is 5. The van der Waals surface area contributed by atoms with Gasteiger partial charge in [0.1, 0.15) is 17.3 Å². The first kappa shape index (κ1) is 27.9. The number of pyridine rings is 1. The van der Waals surface area contributed by atoms with Gasteiger partial charge in [-0.25, -0.2) is 13.8 Å². The predicted octanol–water partition coefficient (Wildman–Crippen LogP) is 3.65. The molecule has 2 fully saturated rings. The molecule has 37 heavy (non-hydrogen) atoms. The number of alkyl halides is 5. The number of hydrogen-bond donors (Lipinski definition) is 2. The number of nitrogens with zero attached hydrogens (tertiary/aromatic N) is 3. The Kier molecular flexibility index (Phi) is 8.40. The number of rotatable bonds is 7. The topological polar surface area (TPSA) is 95.9 Å². The van der Waals surface area contributed by atoms with Crippen LogP contribution in [0.1, 0.15) is 41.7 Å². The second-order valence-electron chi connectivity index (χ2n) is 8.80. The van der Waals surface area contributed by atoms with Crippen molar-refractivity contribution in [2.45, 2.75) is 50.9 Å². The molecule has 0 unspecified atom stereocenters. The van der Waals surface area contributed by atoms with Crippen LogP contribution in [-0.4, -0.2) is 66.0 Å². The summed E-state index contributed by atoms with van der Waals surface area (Å²) in [6.07, 6.45) is 2.00. The number of ether oxygens (including phenoxy) is 1. The van der Waals surface area contributed by atoms with Gasteiger partial charge in [0.05, 0.1) is 6.54 Å². The van der Waals surface area contributed by atoms with E-state index in [-0.39, 0.29) is 42.1 Å². The summed E-state index contributed by atoms with van der Waals surface area (Å²) in [6.45, 7) is 0.775. The van der Waals surface area contributed by atoms with Crippen LogP contribution in [-0.2, 0) is 9.53 Å². The number of halogens is 5. The Labute approximate surface area is 210 Å². The molecule has 1 aromatic heterocycles. The first-order chi connectivity index (χ1) is 17.3. The number of carbonyl (C=O) groups excluding carboxylic acids is 2. The van der Waals surface area contributed by atoms with Crippen LogP contribution in [0, 0.1) is 25.2 Å². The maximum Gasteiger partial charge on any atom is 0.573 e. The van der Waals surface area contributed by atoms with Gasteiger partial charge in [0.15, 0.2) is 5.76 Å². The van der Waals surface area contributed by atoms with Crippen LogP contribution >= 0.6 is 0 Å². The maximum absolute atomic E-state index is 14.3. The summed E-state index contributed by atoms with van der Waals surface area (Å²) in [7, 11) is 1.27. The number of carbonyl (C=O) groups is 2. The van der Waals surface area contributed by atoms with Crippen molar-refractivity contribution in [2.75, 3.05) is 25.5 Å². The van der Waals surface area contributed by atoms with Crippen molar-refractivity contribution < 1.29 is 36.3 Å². The number of nitrogens with one attached hydrogen (secondary N) is 2. The number of piperidine rings is 1. The van der Waals surface area contributed by atoms with E-state index in [1.54, 1.807) is 12.8 Å². The van der Waals surface area contributed by atoms with Gasteiger partial charge < -0.3 is 20.3 Å². The normalized spacial score (nSPS) is 20.2. The maximum atomic E-state index is 14.3. The minimum Gasteiger partial charge on any atom is -0.397 e. The lowest BCUT2D eigenvalue weighted by atomic mass is 9.98. The zero-order chi connectivity index (χ0) is 27.4. The van der Waals surface area contributed by atoms with Crippen LogP contribution in [0.3, 0.4) is 0 Å². The molecule has 2 N–H and O–H groups in total. The summed E-state index contributed by atoms with van der Waals surface area (Å²) in [5.41, 5.74) is 0.254. The molecule has 13 heteroatoms. The second-order valence-corrected chi connectivity index (χ2v) is 8.80. The fraction of sp³-hybridized carbons (Fsp3) is 0.500. The lowest BCUT2D eigenvalue weighted by Gasteiger charge is -2.39. The van der Waals surface area contributed by atoms with Gasteiger partial charge in [-0.3, -0.25) is 14.6 Å². The summed E-state index contributed by atoms with van der Waals surface area (Å²) in [4.78, 5) is 34.4. The van der Waals surface area contributed by atoms with Crippen LogP contribution in [0.15, 0.2) is 29.0 Å². The third kappa shape index (κ3) is 7.90. The van der Waals surface area contributed by atoms with E-state index >= 15 is 0 Å². The standard InChI is InChI=1S/C24H26F5N5O3/c1-4-17(37-24(27,28)29)11-19(30-3)32-18-8-5-14(2)20(33-18)22(36)34-13-23(25,26)10-9-16(34)12-31-21(35)15-6-7-15/h1,5,8,11,15-16H,6-7,9-10,12-13H2,2-3H3,(H,31,35)(H,30,32,33)/b17-11+/t16-/m1/s1. The van der Waals surface area contributed by atoms with Crippen molar-refractivity contribution in [2.24, 2.45) is 10.9 Å². The molecule has 0 bridgehead atoms. The monoisotopic (exact) mass is 527 g/mol. The molecule has 3 rings (SSSR count). The number of anilines is 1. The molecular weight excluding hydrogens is 501 g/mol. The first-order valence-electron chi connectivity index (χ1n) is 11.4. The molecule has 1 aliphatic carbocycles. The van der Waals surface area contributed by atoms with Gasteiger partial charge in [-0.05, 0) is 43.7 Å². The van der Waals surface area contributed by atoms with Gasteiger partial charge in [-0.2, -0.15) is 0 Å². The SMILES string of the molecule is C#C/C(=C\C(=N/C)Nc1ccc(C)c(C(=O)N2CC(F)(F)CC[C@@H]2CNC(=O)C2CC2)n1)OC(F)(F)F. The van der Waals surface area contributed by atoms with Crippen molar-refractivity contribution in [3.8, 4) is 12.3 Å². The molecule has 1 atom stereocenters. The van der Waals surface area contributed by atoms with E-state index in [0.29, 0.717) is 5.56 Å². The van der Waals surface area contributed by atoms with E-state index < -0.39 is 43.0 Å². The number of aliphatic imine (C=N–C) groups is 1. The highest BCUT2D eigenvalue weighted by atomic mass is 19.4. The molecule has 200 valence electrons. The molecule has 1 aromatic rings. The number of allylic oxidation sites excluding steroid dienone is 1. The van der Waals surface area contributed by atoms with Gasteiger partial charge in [0.25, 0.3) is 11.8 Å². The van der Waals surface area contributed by atoms with E-state index in [0.717, 1.165) is 23.8 Å². The summed E-state index contributed by atoms with van der Waals surface area (Å²) >= 11 is 0. The van der Waals surface area contributed by atoms with Gasteiger partial charge in [-0.15, -0.1) is 19.6 Å². The Morgan fingerprint density at radius 1 is 1.32 bits per heavy atom. The third-order valence-corrected chi connectivity index (χ3v) is 5.84. The summed E-state index contributed by atoms with van der Waals surface area (Å²) in [5.74, 6) is -3.36. The van der Waals surface area contributed by atoms with Gasteiger partial charge in [0.2, 0.25) is 5.91 Å². The largest absolute Gasteiger partial charge is 0.573 e. The summed E-state index contributed by atoms with van der Waals surface area (Å²) in [6, 6.07) is 2.28. The van der Waals surface area contributed by atoms with Crippen molar-refractivity contribution in [1.29, 1.82) is 0 Å². The number of amidine groups is 1. The average molecular weight is 527 g/mol. The number of amides is 2. The zero-order valence-corrected chi connectivity index (χ0v) is 20.2.